The van der Waals surface area contributed by atoms with Crippen molar-refractivity contribution in [2.24, 2.45) is 5.92 Å². The third kappa shape index (κ3) is 4.52. The van der Waals surface area contributed by atoms with E-state index in [2.05, 4.69) is 5.32 Å². The maximum absolute atomic E-state index is 16.7. The van der Waals surface area contributed by atoms with E-state index in [-0.39, 0.29) is 15.7 Å². The molecule has 0 spiro atoms. The number of imide groups is 1. The number of methoxy groups -OCH3 is 1. The number of amides is 3. The lowest BCUT2D eigenvalue weighted by molar-refractivity contribution is -0.140. The molecule has 0 saturated carbocycles. The second-order valence-corrected chi connectivity index (χ2v) is 8.46. The molecule has 1 aliphatic heterocycles. The van der Waals surface area contributed by atoms with E-state index >= 15 is 4.39 Å². The molecule has 0 aromatic heterocycles. The Bertz CT molecular complexity index is 1190. The van der Waals surface area contributed by atoms with E-state index in [1.807, 2.05) is 0 Å². The molecule has 1 aliphatic rings. The number of urea groups is 1. The smallest absolute Gasteiger partial charge is 0.416 e. The van der Waals surface area contributed by atoms with Crippen LogP contribution >= 0.6 is 11.6 Å². The summed E-state index contributed by atoms with van der Waals surface area (Å²) in [6.45, 7) is 3.19. The van der Waals surface area contributed by atoms with Crippen LogP contribution in [0.2, 0.25) is 5.02 Å². The summed E-state index contributed by atoms with van der Waals surface area (Å²) in [6.07, 6.45) is -4.54. The molecule has 2 aromatic carbocycles. The van der Waals surface area contributed by atoms with Crippen LogP contribution in [0.3, 0.4) is 0 Å². The number of halogens is 5. The quantitative estimate of drug-likeness (QED) is 0.519. The van der Waals surface area contributed by atoms with Gasteiger partial charge in [-0.05, 0) is 36.2 Å². The van der Waals surface area contributed by atoms with Gasteiger partial charge in [-0.15, -0.1) is 0 Å². The molecule has 12 heteroatoms. The van der Waals surface area contributed by atoms with Gasteiger partial charge < -0.3 is 15.2 Å². The molecule has 35 heavy (non-hydrogen) atoms. The second kappa shape index (κ2) is 9.37. The minimum absolute atomic E-state index is 0.00435. The molecule has 0 unspecified atom stereocenters. The van der Waals surface area contributed by atoms with Gasteiger partial charge in [-0.3, -0.25) is 4.79 Å². The number of aliphatic carboxylic acids is 1. The zero-order chi connectivity index (χ0) is 26.3. The molecule has 7 nitrogen and oxygen atoms in total. The fourth-order valence-electron chi connectivity index (χ4n) is 3.85. The van der Waals surface area contributed by atoms with Gasteiger partial charge in [0.25, 0.3) is 5.91 Å². The number of benzene rings is 2. The second-order valence-electron chi connectivity index (χ2n) is 8.02. The molecule has 2 aromatic rings. The van der Waals surface area contributed by atoms with Crippen molar-refractivity contribution in [2.45, 2.75) is 38.2 Å². The van der Waals surface area contributed by atoms with Gasteiger partial charge in [0.1, 0.15) is 11.8 Å². The van der Waals surface area contributed by atoms with E-state index in [9.17, 15) is 32.7 Å². The van der Waals surface area contributed by atoms with Crippen molar-refractivity contribution in [1.29, 1.82) is 0 Å². The van der Waals surface area contributed by atoms with Crippen molar-refractivity contribution in [3.63, 3.8) is 0 Å². The van der Waals surface area contributed by atoms with Gasteiger partial charge in [0, 0.05) is 16.1 Å². The number of carbonyl (C=O) groups is 3. The van der Waals surface area contributed by atoms with Gasteiger partial charge >= 0.3 is 18.2 Å². The number of carboxylic acids is 1. The predicted octanol–water partition coefficient (Wildman–Crippen LogP) is 5.14. The largest absolute Gasteiger partial charge is 0.496 e. The van der Waals surface area contributed by atoms with Crippen LogP contribution in [0.5, 0.6) is 5.75 Å². The number of carboxylic acid groups (broad SMARTS) is 1. The van der Waals surface area contributed by atoms with Gasteiger partial charge in [0.15, 0.2) is 0 Å². The maximum atomic E-state index is 16.7. The number of alkyl halides is 4. The number of hydrogen-bond donors (Lipinski definition) is 2. The van der Waals surface area contributed by atoms with Crippen molar-refractivity contribution in [3.05, 3.63) is 58.1 Å². The number of anilines is 1. The number of rotatable bonds is 6. The van der Waals surface area contributed by atoms with Crippen LogP contribution in [0.15, 0.2) is 36.4 Å². The Hall–Kier alpha value is -3.34. The van der Waals surface area contributed by atoms with Crippen molar-refractivity contribution in [3.8, 4) is 5.75 Å². The first-order valence-electron chi connectivity index (χ1n) is 10.4. The Morgan fingerprint density at radius 1 is 1.20 bits per heavy atom. The zero-order valence-electron chi connectivity index (χ0n) is 18.7. The van der Waals surface area contributed by atoms with Crippen LogP contribution in [-0.4, -0.2) is 36.2 Å². The average Bonchev–Trinajstić information content (AvgIpc) is 3.03. The van der Waals surface area contributed by atoms with Crippen molar-refractivity contribution < 1.29 is 41.8 Å². The Balaban J connectivity index is 2.23. The van der Waals surface area contributed by atoms with Crippen molar-refractivity contribution in [2.75, 3.05) is 12.0 Å². The summed E-state index contributed by atoms with van der Waals surface area (Å²) < 4.78 is 62.1. The maximum Gasteiger partial charge on any atom is 0.416 e. The molecular formula is C23H21ClF4N2O5. The molecule has 1 heterocycles. The number of hydrogen-bond acceptors (Lipinski definition) is 4. The lowest BCUT2D eigenvalue weighted by atomic mass is 9.88. The first-order chi connectivity index (χ1) is 16.3. The number of nitrogens with one attached hydrogen (secondary N) is 1. The normalized spacial score (nSPS) is 19.2. The molecule has 0 saturated heterocycles. The average molecular weight is 517 g/mol. The van der Waals surface area contributed by atoms with Crippen LogP contribution in [0.1, 0.15) is 37.0 Å². The highest BCUT2D eigenvalue weighted by Gasteiger charge is 2.57. The molecule has 3 amide bonds. The monoisotopic (exact) mass is 516 g/mol. The fourth-order valence-corrected chi connectivity index (χ4v) is 4.03. The highest BCUT2D eigenvalue weighted by atomic mass is 35.5. The lowest BCUT2D eigenvalue weighted by Crippen LogP contribution is -2.53. The van der Waals surface area contributed by atoms with E-state index < -0.39 is 64.1 Å². The standard InChI is InChI=1S/C23H21ClF4N2O5/c1-4-11(2)18(19(31)32)29-21(34)30-16-9-12(23(26,27)28)5-7-14(16)22(25,20(30)33)15-10-13(24)6-8-17(15)35-3/h5-11,18H,4H2,1-3H3,(H,29,34)(H,31,32)/t11-,18-,22-/m0/s1. The molecule has 0 bridgehead atoms. The first kappa shape index (κ1) is 26.3. The van der Waals surface area contributed by atoms with Crippen LogP contribution in [0.4, 0.5) is 28.0 Å². The van der Waals surface area contributed by atoms with Crippen molar-refractivity contribution >= 4 is 35.2 Å². The summed E-state index contributed by atoms with van der Waals surface area (Å²) in [4.78, 5) is 38.3. The van der Waals surface area contributed by atoms with E-state index in [1.54, 1.807) is 6.92 Å². The van der Waals surface area contributed by atoms with Crippen LogP contribution in [-0.2, 0) is 21.4 Å². The SMILES string of the molecule is CC[C@H](C)[C@H](NC(=O)N1C(=O)[C@@](F)(c2cc(Cl)ccc2OC)c2ccc(C(F)(F)F)cc21)C(=O)O. The molecule has 0 fully saturated rings. The summed E-state index contributed by atoms with van der Waals surface area (Å²) in [6, 6.07) is 2.63. The molecular weight excluding hydrogens is 496 g/mol. The van der Waals surface area contributed by atoms with E-state index in [4.69, 9.17) is 16.3 Å². The highest BCUT2D eigenvalue weighted by molar-refractivity contribution is 6.31. The third-order valence-electron chi connectivity index (χ3n) is 5.93. The molecule has 0 radical (unpaired) electrons. The Morgan fingerprint density at radius 3 is 2.40 bits per heavy atom. The summed E-state index contributed by atoms with van der Waals surface area (Å²) in [5.41, 5.74) is -6.05. The number of carbonyl (C=O) groups excluding carboxylic acids is 2. The zero-order valence-corrected chi connectivity index (χ0v) is 19.5. The Kier molecular flexibility index (Phi) is 7.03. The van der Waals surface area contributed by atoms with E-state index in [0.717, 1.165) is 12.1 Å². The molecule has 3 rings (SSSR count). The number of nitrogens with zero attached hydrogens (tertiary/aromatic N) is 1. The Morgan fingerprint density at radius 2 is 1.86 bits per heavy atom. The van der Waals surface area contributed by atoms with Gasteiger partial charge in [-0.25, -0.2) is 18.9 Å². The van der Waals surface area contributed by atoms with E-state index in [1.165, 1.54) is 26.2 Å². The van der Waals surface area contributed by atoms with Gasteiger partial charge in [0.2, 0.25) is 5.67 Å². The van der Waals surface area contributed by atoms with Crippen molar-refractivity contribution in [1.82, 2.24) is 5.32 Å². The summed E-state index contributed by atoms with van der Waals surface area (Å²) >= 11 is 5.99. The van der Waals surface area contributed by atoms with Crippen LogP contribution in [0.25, 0.3) is 0 Å². The molecule has 0 aliphatic carbocycles. The summed E-state index contributed by atoms with van der Waals surface area (Å²) in [5, 5.41) is 11.6. The highest BCUT2D eigenvalue weighted by Crippen LogP contribution is 2.51. The predicted molar refractivity (Wildman–Crippen MR) is 118 cm³/mol. The Labute approximate surface area is 202 Å². The minimum atomic E-state index is -4.87. The summed E-state index contributed by atoms with van der Waals surface area (Å²) in [5.74, 6) is -3.70. The number of fused-ring (bicyclic) bond motifs is 1. The molecule has 3 atom stereocenters. The minimum Gasteiger partial charge on any atom is -0.496 e. The fraction of sp³-hybridized carbons (Fsp3) is 0.348. The molecule has 2 N–H and O–H groups in total. The molecule has 188 valence electrons. The first-order valence-corrected chi connectivity index (χ1v) is 10.8. The van der Waals surface area contributed by atoms with Crippen LogP contribution < -0.4 is 15.0 Å². The van der Waals surface area contributed by atoms with E-state index in [0.29, 0.717) is 18.6 Å². The van der Waals surface area contributed by atoms with Gasteiger partial charge in [0.05, 0.1) is 18.4 Å². The number of ether oxygens (including phenoxy) is 1. The topological polar surface area (TPSA) is 95.9 Å². The third-order valence-corrected chi connectivity index (χ3v) is 6.16. The van der Waals surface area contributed by atoms with Crippen LogP contribution in [0, 0.1) is 5.92 Å². The van der Waals surface area contributed by atoms with Gasteiger partial charge in [-0.1, -0.05) is 37.9 Å². The van der Waals surface area contributed by atoms with Gasteiger partial charge in [-0.2, -0.15) is 13.2 Å². The summed E-state index contributed by atoms with van der Waals surface area (Å²) in [7, 11) is 1.19. The lowest BCUT2D eigenvalue weighted by Gasteiger charge is -2.25.